The molecule has 2 heterocycles. The average Bonchev–Trinajstić information content (AvgIpc) is 2.97. The van der Waals surface area contributed by atoms with Crippen LogP contribution in [0.1, 0.15) is 39.7 Å². The van der Waals surface area contributed by atoms with Crippen LogP contribution in [-0.2, 0) is 57.2 Å². The zero-order valence-corrected chi connectivity index (χ0v) is 26.3. The fraction of sp³-hybridized carbons (Fsp3) is 0.500. The maximum absolute atomic E-state index is 13.5. The summed E-state index contributed by atoms with van der Waals surface area (Å²) < 4.78 is 57.2. The quantitative estimate of drug-likeness (QED) is 0.190. The molecule has 2 aromatic rings. The van der Waals surface area contributed by atoms with Crippen molar-refractivity contribution in [1.82, 2.24) is 5.32 Å². The van der Waals surface area contributed by atoms with Crippen LogP contribution in [0, 0.1) is 6.92 Å². The fourth-order valence-electron chi connectivity index (χ4n) is 5.05. The van der Waals surface area contributed by atoms with Crippen LogP contribution in [0.2, 0.25) is 0 Å². The Kier molecular flexibility index (Phi) is 12.0. The van der Waals surface area contributed by atoms with Gasteiger partial charge in [0.25, 0.3) is 5.91 Å². The molecular formula is C30H34FNO15. The van der Waals surface area contributed by atoms with E-state index in [4.69, 9.17) is 37.6 Å². The molecule has 6 atom stereocenters. The fourth-order valence-corrected chi connectivity index (χ4v) is 5.05. The highest BCUT2D eigenvalue weighted by atomic mass is 19.1. The minimum absolute atomic E-state index is 0.0681. The van der Waals surface area contributed by atoms with Crippen molar-refractivity contribution in [2.45, 2.75) is 77.3 Å². The molecule has 0 spiro atoms. The minimum Gasteiger partial charge on any atom is -0.464 e. The molecule has 0 saturated carbocycles. The summed E-state index contributed by atoms with van der Waals surface area (Å²) >= 11 is 0. The number of halogens is 1. The van der Waals surface area contributed by atoms with E-state index in [1.807, 2.05) is 0 Å². The first-order chi connectivity index (χ1) is 22.1. The number of methoxy groups -OCH3 is 1. The Morgan fingerprint density at radius 1 is 1.00 bits per heavy atom. The van der Waals surface area contributed by atoms with Gasteiger partial charge in [-0.25, -0.2) is 14.0 Å². The summed E-state index contributed by atoms with van der Waals surface area (Å²) in [6.07, 6.45) is -7.61. The van der Waals surface area contributed by atoms with Gasteiger partial charge in [0.2, 0.25) is 0 Å². The third-order valence-electron chi connectivity index (χ3n) is 6.78. The number of aryl methyl sites for hydroxylation is 1. The predicted molar refractivity (Wildman–Crippen MR) is 153 cm³/mol. The summed E-state index contributed by atoms with van der Waals surface area (Å²) in [7, 11) is 0.984. The number of alkyl halides is 1. The van der Waals surface area contributed by atoms with Crippen molar-refractivity contribution >= 4 is 46.7 Å². The van der Waals surface area contributed by atoms with Crippen molar-refractivity contribution in [3.05, 3.63) is 40.2 Å². The minimum atomic E-state index is -2.57. The molecule has 16 nitrogen and oxygen atoms in total. The van der Waals surface area contributed by atoms with E-state index in [1.54, 1.807) is 6.92 Å². The van der Waals surface area contributed by atoms with E-state index >= 15 is 0 Å². The van der Waals surface area contributed by atoms with Crippen LogP contribution in [-0.4, -0.2) is 92.4 Å². The van der Waals surface area contributed by atoms with Gasteiger partial charge in [0.05, 0.1) is 19.6 Å². The number of esters is 5. The number of ether oxygens (including phenoxy) is 7. The van der Waals surface area contributed by atoms with Gasteiger partial charge in [-0.2, -0.15) is 0 Å². The first-order valence-electron chi connectivity index (χ1n) is 14.1. The van der Waals surface area contributed by atoms with Gasteiger partial charge < -0.3 is 42.9 Å². The highest BCUT2D eigenvalue weighted by Crippen LogP contribution is 2.38. The summed E-state index contributed by atoms with van der Waals surface area (Å²) in [6, 6.07) is 3.88. The monoisotopic (exact) mass is 667 g/mol. The van der Waals surface area contributed by atoms with Crippen molar-refractivity contribution < 1.29 is 70.7 Å². The van der Waals surface area contributed by atoms with E-state index in [9.17, 15) is 38.0 Å². The van der Waals surface area contributed by atoms with E-state index in [0.29, 0.717) is 10.9 Å². The van der Waals surface area contributed by atoms with Crippen LogP contribution in [0.15, 0.2) is 33.5 Å². The Balaban J connectivity index is 2.27. The lowest BCUT2D eigenvalue weighted by molar-refractivity contribution is -0.289. The SMILES string of the molecule is COC(=O)[C@@]1(Oc2ccc3c(C)cc(=O)oc3c2)C[C@H](OC(C)=O)[C@@H](NC(=O)CF)[C@H]([C@@H](OC(C)=O)[C@@H](COC(C)=O)OC(C)=O)O1. The molecule has 1 amide bonds. The third kappa shape index (κ3) is 9.25. The van der Waals surface area contributed by atoms with E-state index in [0.717, 1.165) is 34.8 Å². The Labute approximate surface area is 266 Å². The Morgan fingerprint density at radius 3 is 2.26 bits per heavy atom. The first-order valence-corrected chi connectivity index (χ1v) is 14.1. The van der Waals surface area contributed by atoms with Gasteiger partial charge in [-0.1, -0.05) is 0 Å². The van der Waals surface area contributed by atoms with E-state index < -0.39 is 97.3 Å². The van der Waals surface area contributed by atoms with E-state index in [-0.39, 0.29) is 11.3 Å². The van der Waals surface area contributed by atoms with E-state index in [2.05, 4.69) is 5.32 Å². The van der Waals surface area contributed by atoms with Crippen molar-refractivity contribution in [2.75, 3.05) is 20.4 Å². The molecule has 0 aliphatic carbocycles. The van der Waals surface area contributed by atoms with Crippen LogP contribution in [0.5, 0.6) is 5.75 Å². The van der Waals surface area contributed by atoms with Gasteiger partial charge in [0.15, 0.2) is 18.9 Å². The highest BCUT2D eigenvalue weighted by Gasteiger charge is 2.60. The molecule has 1 aliphatic heterocycles. The first kappa shape index (κ1) is 36.4. The number of hydrogen-bond acceptors (Lipinski definition) is 15. The lowest BCUT2D eigenvalue weighted by atomic mass is 9.88. The van der Waals surface area contributed by atoms with Crippen molar-refractivity contribution in [1.29, 1.82) is 0 Å². The molecule has 1 saturated heterocycles. The Hall–Kier alpha value is -5.06. The van der Waals surface area contributed by atoms with Gasteiger partial charge in [-0.15, -0.1) is 0 Å². The van der Waals surface area contributed by atoms with Crippen LogP contribution < -0.4 is 15.7 Å². The van der Waals surface area contributed by atoms with Gasteiger partial charge in [-0.3, -0.25) is 24.0 Å². The molecule has 17 heteroatoms. The zero-order chi connectivity index (χ0) is 35.1. The molecule has 1 N–H and O–H groups in total. The number of rotatable bonds is 12. The third-order valence-corrected chi connectivity index (χ3v) is 6.78. The summed E-state index contributed by atoms with van der Waals surface area (Å²) in [5.74, 6) is -8.80. The largest absolute Gasteiger partial charge is 0.464 e. The second-order valence-electron chi connectivity index (χ2n) is 10.4. The lowest BCUT2D eigenvalue weighted by Gasteiger charge is -2.48. The molecule has 1 aromatic carbocycles. The van der Waals surface area contributed by atoms with Crippen LogP contribution >= 0.6 is 0 Å². The summed E-state index contributed by atoms with van der Waals surface area (Å²) in [5.41, 5.74) is -0.0216. The zero-order valence-electron chi connectivity index (χ0n) is 26.3. The molecule has 1 fully saturated rings. The molecule has 0 unspecified atom stereocenters. The number of nitrogens with one attached hydrogen (secondary N) is 1. The van der Waals surface area contributed by atoms with Crippen molar-refractivity contribution in [3.8, 4) is 5.75 Å². The Morgan fingerprint density at radius 2 is 1.68 bits per heavy atom. The molecular weight excluding hydrogens is 633 g/mol. The second kappa shape index (κ2) is 15.5. The molecule has 3 rings (SSSR count). The second-order valence-corrected chi connectivity index (χ2v) is 10.4. The smallest absolute Gasteiger partial charge is 0.379 e. The number of fused-ring (bicyclic) bond motifs is 1. The molecule has 1 aromatic heterocycles. The molecule has 47 heavy (non-hydrogen) atoms. The molecule has 0 bridgehead atoms. The van der Waals surface area contributed by atoms with Crippen molar-refractivity contribution in [3.63, 3.8) is 0 Å². The Bertz CT molecular complexity index is 1590. The lowest BCUT2D eigenvalue weighted by Crippen LogP contribution is -2.70. The molecule has 0 radical (unpaired) electrons. The van der Waals surface area contributed by atoms with Crippen LogP contribution in [0.25, 0.3) is 11.0 Å². The number of amides is 1. The summed E-state index contributed by atoms with van der Waals surface area (Å²) in [6.45, 7) is 3.44. The van der Waals surface area contributed by atoms with Gasteiger partial charge in [-0.05, 0) is 24.6 Å². The van der Waals surface area contributed by atoms with E-state index in [1.165, 1.54) is 24.3 Å². The molecule has 256 valence electrons. The van der Waals surface area contributed by atoms with Crippen LogP contribution in [0.3, 0.4) is 0 Å². The number of hydrogen-bond donors (Lipinski definition) is 1. The maximum atomic E-state index is 13.5. The van der Waals surface area contributed by atoms with Gasteiger partial charge in [0.1, 0.15) is 30.1 Å². The average molecular weight is 668 g/mol. The standard InChI is InChI=1S/C30H34FNO15/c1-14-9-25(38)45-21-10-19(7-8-20(14)21)46-30(29(39)40-6)11-22(42-16(3)34)26(32-24(37)12-31)28(47-30)27(44-18(5)36)23(43-17(4)35)13-41-15(2)33/h7-10,22-23,26-28H,11-13H2,1-6H3,(H,32,37)/t22-,23+,26+,27-,28+,30+/m0/s1. The van der Waals surface area contributed by atoms with Gasteiger partial charge in [0, 0.05) is 45.2 Å². The maximum Gasteiger partial charge on any atom is 0.379 e. The summed E-state index contributed by atoms with van der Waals surface area (Å²) in [5, 5.41) is 2.81. The topological polar surface area (TPSA) is 209 Å². The number of carbonyl (C=O) groups is 6. The highest BCUT2D eigenvalue weighted by molar-refractivity contribution is 5.82. The van der Waals surface area contributed by atoms with Gasteiger partial charge >= 0.3 is 41.3 Å². The predicted octanol–water partition coefficient (Wildman–Crippen LogP) is 0.951. The number of benzene rings is 1. The van der Waals surface area contributed by atoms with Crippen molar-refractivity contribution in [2.24, 2.45) is 0 Å². The summed E-state index contributed by atoms with van der Waals surface area (Å²) in [4.78, 5) is 86.4. The number of carbonyl (C=O) groups excluding carboxylic acids is 6. The van der Waals surface area contributed by atoms with Crippen LogP contribution in [0.4, 0.5) is 4.39 Å². The normalized spacial score (nSPS) is 21.8. The molecule has 1 aliphatic rings.